The lowest BCUT2D eigenvalue weighted by Crippen LogP contribution is -2.59. The van der Waals surface area contributed by atoms with Crippen molar-refractivity contribution in [3.63, 3.8) is 0 Å². The summed E-state index contributed by atoms with van der Waals surface area (Å²) in [7, 11) is 0. The number of amides is 5. The molecule has 0 spiro atoms. The molecule has 1 unspecified atom stereocenters. The number of nitrogens with one attached hydrogen (secondary N) is 5. The van der Waals surface area contributed by atoms with Crippen LogP contribution in [0.1, 0.15) is 42.4 Å². The molecule has 5 atom stereocenters. The van der Waals surface area contributed by atoms with Gasteiger partial charge in [0.1, 0.15) is 24.2 Å². The highest BCUT2D eigenvalue weighted by Gasteiger charge is 2.33. The number of carbonyl (C=O) groups excluding carboxylic acids is 5. The minimum Gasteiger partial charge on any atom is -0.480 e. The van der Waals surface area contributed by atoms with E-state index in [2.05, 4.69) is 26.6 Å². The van der Waals surface area contributed by atoms with Crippen molar-refractivity contribution in [3.05, 3.63) is 137 Å². The molecule has 0 saturated carbocycles. The van der Waals surface area contributed by atoms with E-state index in [-0.39, 0.29) is 43.8 Å². The van der Waals surface area contributed by atoms with Gasteiger partial charge in [0.05, 0.1) is 0 Å². The molecule has 6 N–H and O–H groups in total. The highest BCUT2D eigenvalue weighted by molar-refractivity contribution is 8.03. The fourth-order valence-electron chi connectivity index (χ4n) is 6.74. The van der Waals surface area contributed by atoms with Gasteiger partial charge in [0, 0.05) is 43.0 Å². The fraction of sp³-hybridized carbons (Fsp3) is 0.273. The molecule has 7 rings (SSSR count). The lowest BCUT2D eigenvalue weighted by atomic mass is 9.99. The predicted molar refractivity (Wildman–Crippen MR) is 219 cm³/mol. The Morgan fingerprint density at radius 1 is 0.614 bits per heavy atom. The van der Waals surface area contributed by atoms with Gasteiger partial charge in [-0.05, 0) is 58.2 Å². The van der Waals surface area contributed by atoms with Gasteiger partial charge in [-0.15, -0.1) is 11.8 Å². The van der Waals surface area contributed by atoms with Gasteiger partial charge in [-0.3, -0.25) is 24.0 Å². The van der Waals surface area contributed by atoms with Crippen LogP contribution in [-0.2, 0) is 48.0 Å². The maximum Gasteiger partial charge on any atom is 0.326 e. The summed E-state index contributed by atoms with van der Waals surface area (Å²) in [6, 6.07) is 28.1. The van der Waals surface area contributed by atoms with Crippen molar-refractivity contribution < 1.29 is 33.9 Å². The molecule has 5 amide bonds. The van der Waals surface area contributed by atoms with E-state index >= 15 is 0 Å². The molecule has 0 fully saturated rings. The zero-order valence-corrected chi connectivity index (χ0v) is 32.0. The minimum absolute atomic E-state index is 0.000681. The SMILES string of the molecule is O=C1CCC(=O)N[C@@H](CC2CC=CS2)C(=O)N[C@@H](Cc2ccc(-c3ccccc3)cc2)C(=O)N[C@@H](Cc2ccccc2)C(=O)N[C@H](C(=O)O)Cc2ccc(cc2)N1. The van der Waals surface area contributed by atoms with E-state index in [0.717, 1.165) is 22.3 Å². The Kier molecular flexibility index (Phi) is 13.9. The predicted octanol–water partition coefficient (Wildman–Crippen LogP) is 4.55. The first-order chi connectivity index (χ1) is 27.6. The number of hydrogen-bond donors (Lipinski definition) is 6. The molecule has 13 heteroatoms. The maximum atomic E-state index is 14.4. The Labute approximate surface area is 335 Å². The Bertz CT molecular complexity index is 2070. The molecule has 3 aliphatic rings. The van der Waals surface area contributed by atoms with Crippen molar-refractivity contribution in [1.82, 2.24) is 21.3 Å². The molecule has 294 valence electrons. The Hall–Kier alpha value is -6.21. The molecule has 2 bridgehead atoms. The normalized spacial score (nSPS) is 22.3. The second-order valence-electron chi connectivity index (χ2n) is 14.1. The highest BCUT2D eigenvalue weighted by atomic mass is 32.2. The molecule has 57 heavy (non-hydrogen) atoms. The van der Waals surface area contributed by atoms with Crippen LogP contribution in [-0.4, -0.2) is 70.0 Å². The Balaban J connectivity index is 1.33. The number of carboxylic acid groups (broad SMARTS) is 1. The van der Waals surface area contributed by atoms with Gasteiger partial charge in [-0.25, -0.2) is 4.79 Å². The molecule has 0 saturated heterocycles. The van der Waals surface area contributed by atoms with Crippen molar-refractivity contribution in [3.8, 4) is 11.1 Å². The van der Waals surface area contributed by atoms with Crippen LogP contribution in [0.25, 0.3) is 11.1 Å². The van der Waals surface area contributed by atoms with Gasteiger partial charge in [-0.1, -0.05) is 103 Å². The van der Waals surface area contributed by atoms with E-state index in [1.807, 2.05) is 72.1 Å². The van der Waals surface area contributed by atoms with E-state index in [4.69, 9.17) is 0 Å². The standard InChI is InChI=1S/C44H45N5O7S/c50-39-21-22-40(51)46-37(27-34-12-7-23-57-34)43(54)48-36(25-29-13-17-32(18-14-29)31-10-5-2-6-11-31)41(52)47-35(24-28-8-3-1-4-9-28)42(53)49-38(44(55)56)26-30-15-19-33(45-39)20-16-30/h1-11,13-20,23,34-38H,12,21-22,24-27H2,(H,45,50)(H,46,51)(H,47,52)(H,48,54)(H,49,53)(H,55,56)/t34?,35-,36-,37-,38-/m0/s1. The molecule has 12 nitrogen and oxygen atoms in total. The van der Waals surface area contributed by atoms with Crippen LogP contribution in [0.2, 0.25) is 0 Å². The zero-order chi connectivity index (χ0) is 40.1. The van der Waals surface area contributed by atoms with Crippen LogP contribution in [0, 0.1) is 0 Å². The van der Waals surface area contributed by atoms with Gasteiger partial charge in [-0.2, -0.15) is 0 Å². The second kappa shape index (κ2) is 19.6. The summed E-state index contributed by atoms with van der Waals surface area (Å²) in [5.74, 6) is -4.18. The number of thioether (sulfide) groups is 1. The Morgan fingerprint density at radius 3 is 1.79 bits per heavy atom. The molecule has 0 radical (unpaired) electrons. The van der Waals surface area contributed by atoms with E-state index in [1.165, 1.54) is 0 Å². The summed E-state index contributed by atoms with van der Waals surface area (Å²) >= 11 is 1.54. The van der Waals surface area contributed by atoms with Crippen molar-refractivity contribution in [1.29, 1.82) is 0 Å². The summed E-state index contributed by atoms with van der Waals surface area (Å²) < 4.78 is 0. The summed E-state index contributed by atoms with van der Waals surface area (Å²) in [5.41, 5.74) is 4.44. The van der Waals surface area contributed by atoms with Gasteiger partial charge in [0.25, 0.3) is 0 Å². The highest BCUT2D eigenvalue weighted by Crippen LogP contribution is 2.28. The third kappa shape index (κ3) is 11.9. The van der Waals surface area contributed by atoms with Crippen molar-refractivity contribution in [2.45, 2.75) is 74.4 Å². The summed E-state index contributed by atoms with van der Waals surface area (Å²) in [4.78, 5) is 81.1. The van der Waals surface area contributed by atoms with E-state index < -0.39 is 59.7 Å². The molecular weight excluding hydrogens is 743 g/mol. The third-order valence-electron chi connectivity index (χ3n) is 9.84. The van der Waals surface area contributed by atoms with E-state index in [1.54, 1.807) is 60.3 Å². The van der Waals surface area contributed by atoms with Crippen LogP contribution in [0.15, 0.2) is 121 Å². The number of fused-ring (bicyclic) bond motifs is 18. The number of carbonyl (C=O) groups is 6. The van der Waals surface area contributed by atoms with Crippen molar-refractivity contribution >= 4 is 53.0 Å². The average molecular weight is 788 g/mol. The number of aliphatic carboxylic acids is 1. The van der Waals surface area contributed by atoms with E-state index in [0.29, 0.717) is 17.7 Å². The molecule has 3 aliphatic heterocycles. The third-order valence-corrected chi connectivity index (χ3v) is 11.0. The van der Waals surface area contributed by atoms with Gasteiger partial charge in [0.2, 0.25) is 29.5 Å². The fourth-order valence-corrected chi connectivity index (χ4v) is 7.71. The van der Waals surface area contributed by atoms with Crippen LogP contribution in [0.5, 0.6) is 0 Å². The summed E-state index contributed by atoms with van der Waals surface area (Å²) in [6.45, 7) is 0. The average Bonchev–Trinajstić information content (AvgIpc) is 3.73. The van der Waals surface area contributed by atoms with E-state index in [9.17, 15) is 33.9 Å². The summed E-state index contributed by atoms with van der Waals surface area (Å²) in [6.07, 6.45) is 2.62. The van der Waals surface area contributed by atoms with Gasteiger partial charge >= 0.3 is 5.97 Å². The van der Waals surface area contributed by atoms with Crippen LogP contribution >= 0.6 is 11.8 Å². The topological polar surface area (TPSA) is 183 Å². The minimum atomic E-state index is -1.35. The monoisotopic (exact) mass is 787 g/mol. The largest absolute Gasteiger partial charge is 0.480 e. The summed E-state index contributed by atoms with van der Waals surface area (Å²) in [5, 5.41) is 25.9. The molecule has 0 aliphatic carbocycles. The lowest BCUT2D eigenvalue weighted by Gasteiger charge is -2.27. The smallest absolute Gasteiger partial charge is 0.326 e. The zero-order valence-electron chi connectivity index (χ0n) is 31.2. The quantitative estimate of drug-likeness (QED) is 0.141. The van der Waals surface area contributed by atoms with Gasteiger partial charge < -0.3 is 31.7 Å². The number of anilines is 1. The van der Waals surface area contributed by atoms with Crippen molar-refractivity contribution in [2.75, 3.05) is 5.32 Å². The first-order valence-electron chi connectivity index (χ1n) is 18.9. The number of hydrogen-bond acceptors (Lipinski definition) is 7. The molecular formula is C44H45N5O7S. The number of rotatable bonds is 8. The van der Waals surface area contributed by atoms with Crippen LogP contribution < -0.4 is 26.6 Å². The van der Waals surface area contributed by atoms with Gasteiger partial charge in [0.15, 0.2) is 0 Å². The molecule has 4 aromatic rings. The molecule has 3 heterocycles. The second-order valence-corrected chi connectivity index (χ2v) is 15.4. The van der Waals surface area contributed by atoms with Crippen LogP contribution in [0.4, 0.5) is 5.69 Å². The maximum absolute atomic E-state index is 14.4. The first kappa shape index (κ1) is 40.5. The number of allylic oxidation sites excluding steroid dienone is 1. The Morgan fingerprint density at radius 2 is 1.18 bits per heavy atom. The first-order valence-corrected chi connectivity index (χ1v) is 19.8. The van der Waals surface area contributed by atoms with Crippen LogP contribution in [0.3, 0.4) is 0 Å². The molecule has 0 aromatic heterocycles. The number of benzene rings is 4. The number of carboxylic acids is 1. The molecule has 4 aromatic carbocycles. The van der Waals surface area contributed by atoms with Crippen molar-refractivity contribution in [2.24, 2.45) is 0 Å². The lowest BCUT2D eigenvalue weighted by molar-refractivity contribution is -0.142.